The minimum atomic E-state index is -0.0997. The zero-order valence-corrected chi connectivity index (χ0v) is 16.6. The Morgan fingerprint density at radius 2 is 1.85 bits per heavy atom. The van der Waals surface area contributed by atoms with E-state index in [9.17, 15) is 0 Å². The monoisotopic (exact) mass is 369 g/mol. The molecule has 7 nitrogen and oxygen atoms in total. The van der Waals surface area contributed by atoms with Crippen LogP contribution in [0.2, 0.25) is 0 Å². The number of hydrogen-bond donors (Lipinski definition) is 1. The summed E-state index contributed by atoms with van der Waals surface area (Å²) in [7, 11) is 3.29. The molecule has 0 saturated heterocycles. The van der Waals surface area contributed by atoms with Crippen molar-refractivity contribution >= 4 is 11.9 Å². The number of ether oxygens (including phenoxy) is 2. The maximum Gasteiger partial charge on any atom is 0.176 e. The molecule has 1 atom stereocenters. The Bertz CT molecular complexity index is 881. The Labute approximate surface area is 160 Å². The second kappa shape index (κ2) is 6.56. The molecule has 0 saturated carbocycles. The van der Waals surface area contributed by atoms with Gasteiger partial charge in [-0.2, -0.15) is 0 Å². The standard InChI is InChI=1S/C20H27N5O2/c1-20(2,3)18-21-11-14-12-24(6-7-25(14)18)19-22-10-13-8-16(26-4)17(27-5)9-15(13)23-19/h8-11,19,23H,6-7,12H2,1-5H3. The van der Waals surface area contributed by atoms with Gasteiger partial charge in [-0.25, -0.2) is 4.98 Å². The summed E-state index contributed by atoms with van der Waals surface area (Å²) >= 11 is 0. The molecule has 7 heteroatoms. The fourth-order valence-electron chi connectivity index (χ4n) is 3.75. The minimum Gasteiger partial charge on any atom is -0.493 e. The van der Waals surface area contributed by atoms with Crippen LogP contribution in [0.15, 0.2) is 23.3 Å². The largest absolute Gasteiger partial charge is 0.493 e. The summed E-state index contributed by atoms with van der Waals surface area (Å²) in [5.74, 6) is 2.57. The van der Waals surface area contributed by atoms with Gasteiger partial charge in [-0.05, 0) is 6.07 Å². The number of hydrogen-bond acceptors (Lipinski definition) is 6. The summed E-state index contributed by atoms with van der Waals surface area (Å²) in [6.07, 6.45) is 3.81. The minimum absolute atomic E-state index is 0.0518. The SMILES string of the molecule is COc1cc2c(cc1OC)NC(N1CCn3c(cnc3C(C)(C)C)C1)N=C2. The van der Waals surface area contributed by atoms with Gasteiger partial charge >= 0.3 is 0 Å². The van der Waals surface area contributed by atoms with Gasteiger partial charge in [0.05, 0.1) is 19.9 Å². The van der Waals surface area contributed by atoms with Crippen molar-refractivity contribution in [2.75, 3.05) is 26.1 Å². The molecule has 144 valence electrons. The third-order valence-corrected chi connectivity index (χ3v) is 5.13. The van der Waals surface area contributed by atoms with E-state index in [0.29, 0.717) is 11.5 Å². The molecule has 1 aromatic heterocycles. The Morgan fingerprint density at radius 3 is 2.56 bits per heavy atom. The van der Waals surface area contributed by atoms with E-state index in [0.717, 1.165) is 36.7 Å². The van der Waals surface area contributed by atoms with Crippen LogP contribution in [-0.4, -0.2) is 47.7 Å². The Hall–Kier alpha value is -2.54. The van der Waals surface area contributed by atoms with Gasteiger partial charge in [0.2, 0.25) is 0 Å². The molecule has 0 radical (unpaired) electrons. The van der Waals surface area contributed by atoms with Gasteiger partial charge < -0.3 is 19.4 Å². The molecule has 27 heavy (non-hydrogen) atoms. The first kappa shape index (κ1) is 17.9. The molecule has 1 unspecified atom stereocenters. The first-order chi connectivity index (χ1) is 12.9. The van der Waals surface area contributed by atoms with Crippen molar-refractivity contribution in [1.82, 2.24) is 14.5 Å². The van der Waals surface area contributed by atoms with Crippen molar-refractivity contribution in [3.63, 3.8) is 0 Å². The van der Waals surface area contributed by atoms with Gasteiger partial charge in [-0.3, -0.25) is 9.89 Å². The third kappa shape index (κ3) is 3.16. The van der Waals surface area contributed by atoms with Crippen LogP contribution in [0.4, 0.5) is 5.69 Å². The molecule has 3 heterocycles. The molecule has 2 aliphatic heterocycles. The smallest absolute Gasteiger partial charge is 0.176 e. The van der Waals surface area contributed by atoms with E-state index in [2.05, 4.69) is 40.5 Å². The lowest BCUT2D eigenvalue weighted by atomic mass is 9.95. The number of fused-ring (bicyclic) bond motifs is 2. The Balaban J connectivity index is 1.55. The van der Waals surface area contributed by atoms with E-state index in [1.165, 1.54) is 5.69 Å². The zero-order valence-electron chi connectivity index (χ0n) is 16.6. The summed E-state index contributed by atoms with van der Waals surface area (Å²) in [4.78, 5) is 11.7. The van der Waals surface area contributed by atoms with Gasteiger partial charge in [0.15, 0.2) is 17.8 Å². The van der Waals surface area contributed by atoms with E-state index in [-0.39, 0.29) is 11.7 Å². The van der Waals surface area contributed by atoms with Gasteiger partial charge in [-0.15, -0.1) is 0 Å². The second-order valence-corrected chi connectivity index (χ2v) is 8.04. The van der Waals surface area contributed by atoms with E-state index < -0.39 is 0 Å². The lowest BCUT2D eigenvalue weighted by Gasteiger charge is -2.36. The average Bonchev–Trinajstić information content (AvgIpc) is 3.10. The predicted molar refractivity (Wildman–Crippen MR) is 106 cm³/mol. The topological polar surface area (TPSA) is 63.9 Å². The number of nitrogens with one attached hydrogen (secondary N) is 1. The van der Waals surface area contributed by atoms with E-state index >= 15 is 0 Å². The van der Waals surface area contributed by atoms with Crippen LogP contribution in [0, 0.1) is 0 Å². The normalized spacial score (nSPS) is 19.2. The van der Waals surface area contributed by atoms with Crippen LogP contribution in [0.5, 0.6) is 11.5 Å². The maximum atomic E-state index is 5.43. The zero-order chi connectivity index (χ0) is 19.2. The van der Waals surface area contributed by atoms with Crippen LogP contribution in [0.3, 0.4) is 0 Å². The van der Waals surface area contributed by atoms with Gasteiger partial charge in [0.25, 0.3) is 0 Å². The molecular weight excluding hydrogens is 342 g/mol. The van der Waals surface area contributed by atoms with Crippen molar-refractivity contribution in [3.05, 3.63) is 35.4 Å². The van der Waals surface area contributed by atoms with Crippen LogP contribution >= 0.6 is 0 Å². The first-order valence-corrected chi connectivity index (χ1v) is 9.25. The quantitative estimate of drug-likeness (QED) is 0.901. The average molecular weight is 369 g/mol. The molecule has 0 bridgehead atoms. The molecule has 0 spiro atoms. The van der Waals surface area contributed by atoms with Crippen LogP contribution in [0.1, 0.15) is 37.9 Å². The molecule has 0 aliphatic carbocycles. The van der Waals surface area contributed by atoms with Gasteiger partial charge in [0, 0.05) is 54.8 Å². The Kier molecular flexibility index (Phi) is 4.34. The molecule has 0 amide bonds. The second-order valence-electron chi connectivity index (χ2n) is 8.04. The summed E-state index contributed by atoms with van der Waals surface area (Å²) in [5, 5.41) is 3.52. The highest BCUT2D eigenvalue weighted by Gasteiger charge is 2.30. The number of anilines is 1. The van der Waals surface area contributed by atoms with Gasteiger partial charge in [-0.1, -0.05) is 20.8 Å². The fraction of sp³-hybridized carbons (Fsp3) is 0.500. The highest BCUT2D eigenvalue weighted by molar-refractivity contribution is 5.91. The van der Waals surface area contributed by atoms with Crippen LogP contribution in [0.25, 0.3) is 0 Å². The number of benzene rings is 1. The summed E-state index contributed by atoms with van der Waals surface area (Å²) in [5.41, 5.74) is 3.29. The van der Waals surface area contributed by atoms with Crippen molar-refractivity contribution in [2.45, 2.75) is 45.6 Å². The lowest BCUT2D eigenvalue weighted by Crippen LogP contribution is -2.45. The number of rotatable bonds is 3. The summed E-state index contributed by atoms with van der Waals surface area (Å²) < 4.78 is 13.2. The molecule has 1 N–H and O–H groups in total. The molecular formula is C20H27N5O2. The lowest BCUT2D eigenvalue weighted by molar-refractivity contribution is 0.173. The van der Waals surface area contributed by atoms with E-state index in [4.69, 9.17) is 14.5 Å². The Morgan fingerprint density at radius 1 is 1.11 bits per heavy atom. The van der Waals surface area contributed by atoms with Crippen molar-refractivity contribution < 1.29 is 9.47 Å². The summed E-state index contributed by atoms with van der Waals surface area (Å²) in [6, 6.07) is 3.92. The molecule has 1 aromatic carbocycles. The van der Waals surface area contributed by atoms with Crippen molar-refractivity contribution in [2.24, 2.45) is 4.99 Å². The maximum absolute atomic E-state index is 5.43. The predicted octanol–water partition coefficient (Wildman–Crippen LogP) is 2.84. The van der Waals surface area contributed by atoms with Gasteiger partial charge in [0.1, 0.15) is 5.82 Å². The number of nitrogens with zero attached hydrogens (tertiary/aromatic N) is 4. The van der Waals surface area contributed by atoms with Crippen LogP contribution in [-0.2, 0) is 18.5 Å². The summed E-state index contributed by atoms with van der Waals surface area (Å²) in [6.45, 7) is 9.29. The van der Waals surface area contributed by atoms with Crippen LogP contribution < -0.4 is 14.8 Å². The van der Waals surface area contributed by atoms with E-state index in [1.54, 1.807) is 14.2 Å². The number of imidazole rings is 1. The van der Waals surface area contributed by atoms with E-state index in [1.807, 2.05) is 24.5 Å². The third-order valence-electron chi connectivity index (χ3n) is 5.13. The fourth-order valence-corrected chi connectivity index (χ4v) is 3.75. The molecule has 2 aliphatic rings. The number of aromatic nitrogens is 2. The molecule has 4 rings (SSSR count). The first-order valence-electron chi connectivity index (χ1n) is 9.25. The highest BCUT2D eigenvalue weighted by atomic mass is 16.5. The van der Waals surface area contributed by atoms with Crippen molar-refractivity contribution in [3.8, 4) is 11.5 Å². The molecule has 0 fully saturated rings. The highest BCUT2D eigenvalue weighted by Crippen LogP contribution is 2.35. The number of aliphatic imine (C=N–C) groups is 1. The number of methoxy groups -OCH3 is 2. The molecule has 2 aromatic rings. The van der Waals surface area contributed by atoms with Crippen molar-refractivity contribution in [1.29, 1.82) is 0 Å².